The van der Waals surface area contributed by atoms with Crippen molar-refractivity contribution in [3.63, 3.8) is 0 Å². The van der Waals surface area contributed by atoms with Gasteiger partial charge >= 0.3 is 0 Å². The third kappa shape index (κ3) is 4.65. The van der Waals surface area contributed by atoms with Gasteiger partial charge in [-0.1, -0.05) is 32.1 Å². The van der Waals surface area contributed by atoms with Crippen molar-refractivity contribution in [2.45, 2.75) is 70.3 Å². The van der Waals surface area contributed by atoms with Crippen molar-refractivity contribution in [2.24, 2.45) is 16.1 Å². The first-order valence-corrected chi connectivity index (χ1v) is 8.29. The molecule has 0 amide bonds. The Morgan fingerprint density at radius 1 is 1.20 bits per heavy atom. The molecule has 4 heteroatoms. The van der Waals surface area contributed by atoms with E-state index in [-0.39, 0.29) is 0 Å². The summed E-state index contributed by atoms with van der Waals surface area (Å²) in [6.45, 7) is 1.70. The van der Waals surface area contributed by atoms with Gasteiger partial charge in [0.15, 0.2) is 5.96 Å². The van der Waals surface area contributed by atoms with E-state index < -0.39 is 0 Å². The van der Waals surface area contributed by atoms with Crippen LogP contribution in [0.25, 0.3) is 0 Å². The Balaban J connectivity index is 1.81. The number of hydrogen-bond acceptors (Lipinski definition) is 2. The second kappa shape index (κ2) is 7.87. The van der Waals surface area contributed by atoms with Gasteiger partial charge in [0.25, 0.3) is 0 Å². The highest BCUT2D eigenvalue weighted by Gasteiger charge is 2.33. The van der Waals surface area contributed by atoms with Gasteiger partial charge in [0, 0.05) is 26.3 Å². The fourth-order valence-electron chi connectivity index (χ4n) is 3.69. The molecule has 0 aliphatic heterocycles. The number of guanidine groups is 1. The van der Waals surface area contributed by atoms with E-state index in [1.54, 1.807) is 7.11 Å². The monoisotopic (exact) mass is 281 g/mol. The van der Waals surface area contributed by atoms with Crippen LogP contribution in [0.4, 0.5) is 0 Å². The van der Waals surface area contributed by atoms with Crippen LogP contribution in [0.5, 0.6) is 0 Å². The molecule has 2 rings (SSSR count). The topological polar surface area (TPSA) is 59.6 Å². The fourth-order valence-corrected chi connectivity index (χ4v) is 3.69. The smallest absolute Gasteiger partial charge is 0.188 e. The van der Waals surface area contributed by atoms with Gasteiger partial charge in [-0.05, 0) is 37.5 Å². The highest BCUT2D eigenvalue weighted by molar-refractivity contribution is 5.78. The molecule has 20 heavy (non-hydrogen) atoms. The van der Waals surface area contributed by atoms with E-state index in [0.717, 1.165) is 19.6 Å². The summed E-state index contributed by atoms with van der Waals surface area (Å²) in [6, 6.07) is 0.547. The number of hydrogen-bond donors (Lipinski definition) is 2. The molecule has 2 aliphatic rings. The summed E-state index contributed by atoms with van der Waals surface area (Å²) in [5, 5.41) is 3.41. The Labute approximate surface area is 123 Å². The molecule has 4 nitrogen and oxygen atoms in total. The largest absolute Gasteiger partial charge is 0.385 e. The van der Waals surface area contributed by atoms with Gasteiger partial charge in [0.1, 0.15) is 0 Å². The molecule has 2 aliphatic carbocycles. The molecule has 0 atom stereocenters. The maximum atomic E-state index is 6.08. The van der Waals surface area contributed by atoms with Gasteiger partial charge in [-0.2, -0.15) is 0 Å². The van der Waals surface area contributed by atoms with Crippen LogP contribution >= 0.6 is 0 Å². The van der Waals surface area contributed by atoms with Gasteiger partial charge in [-0.25, -0.2) is 0 Å². The van der Waals surface area contributed by atoms with Gasteiger partial charge in [-0.15, -0.1) is 0 Å². The van der Waals surface area contributed by atoms with Crippen LogP contribution in [-0.4, -0.2) is 32.3 Å². The number of nitrogens with one attached hydrogen (secondary N) is 1. The summed E-state index contributed by atoms with van der Waals surface area (Å²) in [7, 11) is 1.78. The number of aliphatic imine (C=N–C) groups is 1. The standard InChI is InChI=1S/C16H31N3O/c1-20-12-11-16(9-5-6-10-16)13-18-15(17)19-14-7-3-2-4-8-14/h14H,2-13H2,1H3,(H3,17,18,19). The summed E-state index contributed by atoms with van der Waals surface area (Å²) < 4.78 is 5.26. The number of rotatable bonds is 6. The van der Waals surface area contributed by atoms with Gasteiger partial charge < -0.3 is 15.8 Å². The summed E-state index contributed by atoms with van der Waals surface area (Å²) in [5.74, 6) is 0.653. The summed E-state index contributed by atoms with van der Waals surface area (Å²) >= 11 is 0. The molecule has 0 spiro atoms. The number of ether oxygens (including phenoxy) is 1. The van der Waals surface area contributed by atoms with E-state index in [2.05, 4.69) is 10.3 Å². The van der Waals surface area contributed by atoms with Gasteiger partial charge in [-0.3, -0.25) is 4.99 Å². The Morgan fingerprint density at radius 2 is 1.90 bits per heavy atom. The molecule has 3 N–H and O–H groups in total. The zero-order chi connectivity index (χ0) is 14.3. The average Bonchev–Trinajstić information content (AvgIpc) is 2.94. The number of methoxy groups -OCH3 is 1. The zero-order valence-electron chi connectivity index (χ0n) is 13.0. The molecule has 0 unspecified atom stereocenters. The second-order valence-corrected chi connectivity index (χ2v) is 6.63. The molecular formula is C16H31N3O. The van der Waals surface area contributed by atoms with E-state index in [1.807, 2.05) is 0 Å². The lowest BCUT2D eigenvalue weighted by molar-refractivity contribution is 0.141. The maximum Gasteiger partial charge on any atom is 0.188 e. The highest BCUT2D eigenvalue weighted by atomic mass is 16.5. The first-order chi connectivity index (χ1) is 9.74. The third-order valence-corrected chi connectivity index (χ3v) is 5.04. The lowest BCUT2D eigenvalue weighted by atomic mass is 9.83. The fraction of sp³-hybridized carbons (Fsp3) is 0.938. The van der Waals surface area contributed by atoms with Crippen LogP contribution < -0.4 is 11.1 Å². The summed E-state index contributed by atoms with van der Waals surface area (Å²) in [5.41, 5.74) is 6.42. The van der Waals surface area contributed by atoms with Crippen molar-refractivity contribution >= 4 is 5.96 Å². The molecule has 0 aromatic rings. The van der Waals surface area contributed by atoms with E-state index in [9.17, 15) is 0 Å². The SMILES string of the molecule is COCCC1(CN=C(N)NC2CCCCC2)CCCC1. The summed E-state index contributed by atoms with van der Waals surface area (Å²) in [6.07, 6.45) is 12.8. The minimum Gasteiger partial charge on any atom is -0.385 e. The lowest BCUT2D eigenvalue weighted by Gasteiger charge is -2.28. The van der Waals surface area contributed by atoms with Crippen molar-refractivity contribution in [2.75, 3.05) is 20.3 Å². The van der Waals surface area contributed by atoms with Crippen LogP contribution in [0.1, 0.15) is 64.2 Å². The van der Waals surface area contributed by atoms with Crippen LogP contribution in [-0.2, 0) is 4.74 Å². The molecule has 0 aromatic carbocycles. The van der Waals surface area contributed by atoms with Crippen molar-refractivity contribution in [3.05, 3.63) is 0 Å². The lowest BCUT2D eigenvalue weighted by Crippen LogP contribution is -2.41. The van der Waals surface area contributed by atoms with Crippen LogP contribution in [0, 0.1) is 5.41 Å². The predicted molar refractivity (Wildman–Crippen MR) is 83.9 cm³/mol. The Kier molecular flexibility index (Phi) is 6.14. The first kappa shape index (κ1) is 15.6. The molecule has 0 bridgehead atoms. The Bertz CT molecular complexity index is 305. The van der Waals surface area contributed by atoms with E-state index in [0.29, 0.717) is 17.4 Å². The number of nitrogens with two attached hydrogens (primary N) is 1. The molecule has 0 saturated heterocycles. The van der Waals surface area contributed by atoms with Crippen molar-refractivity contribution in [1.82, 2.24) is 5.32 Å². The zero-order valence-corrected chi connectivity index (χ0v) is 13.0. The minimum absolute atomic E-state index is 0.342. The normalized spacial score (nSPS) is 23.9. The van der Waals surface area contributed by atoms with Gasteiger partial charge in [0.2, 0.25) is 0 Å². The molecule has 2 saturated carbocycles. The Hall–Kier alpha value is -0.770. The number of nitrogens with zero attached hydrogens (tertiary/aromatic N) is 1. The van der Waals surface area contributed by atoms with E-state index >= 15 is 0 Å². The minimum atomic E-state index is 0.342. The Morgan fingerprint density at radius 3 is 2.55 bits per heavy atom. The summed E-state index contributed by atoms with van der Waals surface area (Å²) in [4.78, 5) is 4.65. The quantitative estimate of drug-likeness (QED) is 0.581. The average molecular weight is 281 g/mol. The molecule has 0 aromatic heterocycles. The second-order valence-electron chi connectivity index (χ2n) is 6.63. The molecule has 0 radical (unpaired) electrons. The molecule has 116 valence electrons. The first-order valence-electron chi connectivity index (χ1n) is 8.29. The molecular weight excluding hydrogens is 250 g/mol. The van der Waals surface area contributed by atoms with Crippen LogP contribution in [0.3, 0.4) is 0 Å². The molecule has 2 fully saturated rings. The van der Waals surface area contributed by atoms with Gasteiger partial charge in [0.05, 0.1) is 0 Å². The van der Waals surface area contributed by atoms with Crippen molar-refractivity contribution in [3.8, 4) is 0 Å². The van der Waals surface area contributed by atoms with Crippen molar-refractivity contribution in [1.29, 1.82) is 0 Å². The maximum absolute atomic E-state index is 6.08. The van der Waals surface area contributed by atoms with E-state index in [1.165, 1.54) is 57.8 Å². The third-order valence-electron chi connectivity index (χ3n) is 5.04. The van der Waals surface area contributed by atoms with Crippen LogP contribution in [0.15, 0.2) is 4.99 Å². The van der Waals surface area contributed by atoms with Crippen molar-refractivity contribution < 1.29 is 4.74 Å². The van der Waals surface area contributed by atoms with Crippen LogP contribution in [0.2, 0.25) is 0 Å². The predicted octanol–water partition coefficient (Wildman–Crippen LogP) is 2.82. The molecule has 0 heterocycles. The van der Waals surface area contributed by atoms with E-state index in [4.69, 9.17) is 10.5 Å². The highest BCUT2D eigenvalue weighted by Crippen LogP contribution is 2.41.